The summed E-state index contributed by atoms with van der Waals surface area (Å²) < 4.78 is 13.7. The maximum Gasteiger partial charge on any atom is 0.326 e. The molecule has 1 unspecified atom stereocenters. The summed E-state index contributed by atoms with van der Waals surface area (Å²) in [5.41, 5.74) is 0.170. The summed E-state index contributed by atoms with van der Waals surface area (Å²) >= 11 is 0. The number of hydrogen-bond acceptors (Lipinski definition) is 2. The van der Waals surface area contributed by atoms with Crippen molar-refractivity contribution in [1.29, 1.82) is 0 Å². The van der Waals surface area contributed by atoms with Crippen LogP contribution in [0.5, 0.6) is 0 Å². The molecule has 0 radical (unpaired) electrons. The lowest BCUT2D eigenvalue weighted by atomic mass is 10.1. The molecule has 1 rings (SSSR count). The number of carboxylic acid groups (broad SMARTS) is 1. The first kappa shape index (κ1) is 13.9. The third-order valence-electron chi connectivity index (χ3n) is 2.44. The van der Waals surface area contributed by atoms with Gasteiger partial charge in [0.15, 0.2) is 0 Å². The molecule has 1 amide bonds. The van der Waals surface area contributed by atoms with Gasteiger partial charge >= 0.3 is 5.97 Å². The van der Waals surface area contributed by atoms with Crippen LogP contribution in [0.15, 0.2) is 30.9 Å². The number of carbonyl (C=O) groups excluding carboxylic acids is 1. The minimum absolute atomic E-state index is 0.0779. The van der Waals surface area contributed by atoms with Crippen LogP contribution in [-0.2, 0) is 4.79 Å². The van der Waals surface area contributed by atoms with Gasteiger partial charge in [-0.1, -0.05) is 18.2 Å². The van der Waals surface area contributed by atoms with Crippen LogP contribution in [0.2, 0.25) is 0 Å². The summed E-state index contributed by atoms with van der Waals surface area (Å²) in [7, 11) is 0. The fraction of sp³-hybridized carbons (Fsp3) is 0.231. The lowest BCUT2D eigenvalue weighted by molar-refractivity contribution is -0.139. The monoisotopic (exact) mass is 251 g/mol. The maximum atomic E-state index is 13.7. The number of halogens is 1. The number of carbonyl (C=O) groups is 2. The van der Waals surface area contributed by atoms with Crippen LogP contribution in [0.1, 0.15) is 22.3 Å². The Morgan fingerprint density at radius 3 is 2.78 bits per heavy atom. The lowest BCUT2D eigenvalue weighted by Crippen LogP contribution is -2.40. The fourth-order valence-electron chi connectivity index (χ4n) is 1.45. The number of aryl methyl sites for hydroxylation is 1. The summed E-state index contributed by atoms with van der Waals surface area (Å²) in [5.74, 6) is -2.57. The van der Waals surface area contributed by atoms with E-state index >= 15 is 0 Å². The molecular weight excluding hydrogens is 237 g/mol. The van der Waals surface area contributed by atoms with E-state index in [0.717, 1.165) is 0 Å². The molecule has 18 heavy (non-hydrogen) atoms. The van der Waals surface area contributed by atoms with Gasteiger partial charge in [0, 0.05) is 0 Å². The van der Waals surface area contributed by atoms with Crippen molar-refractivity contribution < 1.29 is 19.1 Å². The minimum atomic E-state index is -1.18. The summed E-state index contributed by atoms with van der Waals surface area (Å²) in [4.78, 5) is 22.6. The highest BCUT2D eigenvalue weighted by molar-refractivity contribution is 5.97. The van der Waals surface area contributed by atoms with Gasteiger partial charge in [0.05, 0.1) is 5.56 Å². The average Bonchev–Trinajstić information content (AvgIpc) is 2.31. The van der Waals surface area contributed by atoms with Gasteiger partial charge in [0.1, 0.15) is 11.9 Å². The molecule has 0 aromatic heterocycles. The minimum Gasteiger partial charge on any atom is -0.480 e. The van der Waals surface area contributed by atoms with E-state index < -0.39 is 23.7 Å². The highest BCUT2D eigenvalue weighted by Crippen LogP contribution is 2.12. The zero-order chi connectivity index (χ0) is 13.7. The van der Waals surface area contributed by atoms with Gasteiger partial charge in [-0.2, -0.15) is 0 Å². The molecule has 0 saturated carbocycles. The van der Waals surface area contributed by atoms with Crippen LogP contribution in [0.4, 0.5) is 4.39 Å². The van der Waals surface area contributed by atoms with Crippen LogP contribution in [0, 0.1) is 12.7 Å². The van der Waals surface area contributed by atoms with Crippen molar-refractivity contribution in [1.82, 2.24) is 5.32 Å². The summed E-state index contributed by atoms with van der Waals surface area (Å²) in [5, 5.41) is 11.1. The van der Waals surface area contributed by atoms with Gasteiger partial charge < -0.3 is 10.4 Å². The van der Waals surface area contributed by atoms with Crippen LogP contribution >= 0.6 is 0 Å². The maximum absolute atomic E-state index is 13.7. The third-order valence-corrected chi connectivity index (χ3v) is 2.44. The molecule has 4 nitrogen and oxygen atoms in total. The Hall–Kier alpha value is -2.17. The van der Waals surface area contributed by atoms with Gasteiger partial charge in [-0.25, -0.2) is 9.18 Å². The van der Waals surface area contributed by atoms with E-state index in [2.05, 4.69) is 11.9 Å². The standard InChI is InChI=1S/C13H14FNO3/c1-3-5-10(13(17)18)15-12(16)9-7-4-6-8(2)11(9)14/h3-4,6-7,10H,1,5H2,2H3,(H,15,16)(H,17,18). The molecule has 1 atom stereocenters. The lowest BCUT2D eigenvalue weighted by Gasteiger charge is -2.13. The first-order chi connectivity index (χ1) is 8.47. The quantitative estimate of drug-likeness (QED) is 0.785. The number of aliphatic carboxylic acids is 1. The number of benzene rings is 1. The molecule has 0 aliphatic carbocycles. The third kappa shape index (κ3) is 3.16. The summed E-state index contributed by atoms with van der Waals surface area (Å²) in [6, 6.07) is 3.28. The van der Waals surface area contributed by atoms with E-state index in [-0.39, 0.29) is 12.0 Å². The van der Waals surface area contributed by atoms with Crippen LogP contribution in [0.3, 0.4) is 0 Å². The molecular formula is C13H14FNO3. The van der Waals surface area contributed by atoms with Crippen molar-refractivity contribution in [3.05, 3.63) is 47.8 Å². The molecule has 2 N–H and O–H groups in total. The van der Waals surface area contributed by atoms with Crippen LogP contribution in [0.25, 0.3) is 0 Å². The van der Waals surface area contributed by atoms with E-state index in [1.54, 1.807) is 0 Å². The van der Waals surface area contributed by atoms with Crippen LogP contribution < -0.4 is 5.32 Å². The first-order valence-corrected chi connectivity index (χ1v) is 5.37. The van der Waals surface area contributed by atoms with Crippen LogP contribution in [-0.4, -0.2) is 23.0 Å². The molecule has 0 bridgehead atoms. The Balaban J connectivity index is 2.90. The predicted octanol–water partition coefficient (Wildman–Crippen LogP) is 1.89. The van der Waals surface area contributed by atoms with E-state index in [1.165, 1.54) is 31.2 Å². The predicted molar refractivity (Wildman–Crippen MR) is 64.8 cm³/mol. The van der Waals surface area contributed by atoms with E-state index in [0.29, 0.717) is 5.56 Å². The largest absolute Gasteiger partial charge is 0.480 e. The highest BCUT2D eigenvalue weighted by Gasteiger charge is 2.21. The van der Waals surface area contributed by atoms with Crippen molar-refractivity contribution in [2.45, 2.75) is 19.4 Å². The smallest absolute Gasteiger partial charge is 0.326 e. The van der Waals surface area contributed by atoms with Gasteiger partial charge in [0.25, 0.3) is 5.91 Å². The van der Waals surface area contributed by atoms with Crippen molar-refractivity contribution in [2.24, 2.45) is 0 Å². The number of hydrogen-bond donors (Lipinski definition) is 2. The Bertz CT molecular complexity index is 485. The van der Waals surface area contributed by atoms with Gasteiger partial charge in [-0.15, -0.1) is 6.58 Å². The molecule has 0 spiro atoms. The Labute approximate surface area is 104 Å². The van der Waals surface area contributed by atoms with Gasteiger partial charge in [-0.05, 0) is 25.0 Å². The Morgan fingerprint density at radius 1 is 1.56 bits per heavy atom. The molecule has 1 aromatic rings. The van der Waals surface area contributed by atoms with Gasteiger partial charge in [0.2, 0.25) is 0 Å². The molecule has 5 heteroatoms. The van der Waals surface area contributed by atoms with Gasteiger partial charge in [-0.3, -0.25) is 4.79 Å². The topological polar surface area (TPSA) is 66.4 Å². The zero-order valence-corrected chi connectivity index (χ0v) is 9.94. The molecule has 0 heterocycles. The average molecular weight is 251 g/mol. The SMILES string of the molecule is C=CCC(NC(=O)c1cccc(C)c1F)C(=O)O. The number of rotatable bonds is 5. The second kappa shape index (κ2) is 5.95. The van der Waals surface area contributed by atoms with Crippen molar-refractivity contribution in [2.75, 3.05) is 0 Å². The summed E-state index contributed by atoms with van der Waals surface area (Å²) in [6.45, 7) is 4.94. The van der Waals surface area contributed by atoms with E-state index in [4.69, 9.17) is 5.11 Å². The second-order valence-electron chi connectivity index (χ2n) is 3.83. The van der Waals surface area contributed by atoms with E-state index in [1.807, 2.05) is 0 Å². The molecule has 1 aromatic carbocycles. The second-order valence-corrected chi connectivity index (χ2v) is 3.83. The number of amides is 1. The number of nitrogens with one attached hydrogen (secondary N) is 1. The fourth-order valence-corrected chi connectivity index (χ4v) is 1.45. The normalized spacial score (nSPS) is 11.7. The van der Waals surface area contributed by atoms with Crippen molar-refractivity contribution in [3.8, 4) is 0 Å². The number of carboxylic acids is 1. The summed E-state index contributed by atoms with van der Waals surface area (Å²) in [6.07, 6.45) is 1.46. The first-order valence-electron chi connectivity index (χ1n) is 5.37. The Morgan fingerprint density at radius 2 is 2.22 bits per heavy atom. The molecule has 0 aliphatic heterocycles. The highest BCUT2D eigenvalue weighted by atomic mass is 19.1. The van der Waals surface area contributed by atoms with Crippen molar-refractivity contribution >= 4 is 11.9 Å². The Kier molecular flexibility index (Phi) is 4.59. The molecule has 0 fully saturated rings. The zero-order valence-electron chi connectivity index (χ0n) is 9.94. The van der Waals surface area contributed by atoms with Crippen molar-refractivity contribution in [3.63, 3.8) is 0 Å². The van der Waals surface area contributed by atoms with E-state index in [9.17, 15) is 14.0 Å². The molecule has 96 valence electrons. The molecule has 0 saturated heterocycles. The molecule has 0 aliphatic rings.